The lowest BCUT2D eigenvalue weighted by molar-refractivity contribution is 0.0986. The number of carbonyl (C=O) groups excluding carboxylic acids is 1. The van der Waals surface area contributed by atoms with Crippen molar-refractivity contribution < 1.29 is 9.53 Å². The fourth-order valence-electron chi connectivity index (χ4n) is 2.00. The Morgan fingerprint density at radius 3 is 3.11 bits per heavy atom. The van der Waals surface area contributed by atoms with Gasteiger partial charge in [0.1, 0.15) is 5.82 Å². The molecule has 1 aliphatic heterocycles. The Kier molecular flexibility index (Phi) is 2.91. The molecule has 6 heteroatoms. The van der Waals surface area contributed by atoms with E-state index in [1.807, 2.05) is 12.1 Å². The van der Waals surface area contributed by atoms with Gasteiger partial charge in [-0.05, 0) is 12.1 Å². The molecule has 1 aliphatic rings. The molecule has 0 saturated heterocycles. The fourth-order valence-corrected chi connectivity index (χ4v) is 2.00. The van der Waals surface area contributed by atoms with Gasteiger partial charge < -0.3 is 4.74 Å². The molecule has 0 spiro atoms. The minimum atomic E-state index is -0.191. The monoisotopic (exact) mass is 258 g/mol. The van der Waals surface area contributed by atoms with E-state index in [0.717, 1.165) is 13.0 Å². The van der Waals surface area contributed by atoms with Crippen molar-refractivity contribution in [3.63, 3.8) is 0 Å². The summed E-state index contributed by atoms with van der Waals surface area (Å²) in [4.78, 5) is 17.9. The van der Waals surface area contributed by atoms with Crippen molar-refractivity contribution >= 4 is 11.7 Å². The molecule has 0 fully saturated rings. The summed E-state index contributed by atoms with van der Waals surface area (Å²) in [6.45, 7) is 1.46. The SMILES string of the molecule is CN(C(=O)c1cc2n(n1)CCCO2)c1ccccn1. The minimum Gasteiger partial charge on any atom is -0.478 e. The van der Waals surface area contributed by atoms with Crippen LogP contribution in [0.4, 0.5) is 5.82 Å². The van der Waals surface area contributed by atoms with E-state index in [9.17, 15) is 4.79 Å². The van der Waals surface area contributed by atoms with Gasteiger partial charge in [-0.15, -0.1) is 0 Å². The van der Waals surface area contributed by atoms with Crippen LogP contribution in [-0.2, 0) is 6.54 Å². The molecule has 0 atom stereocenters. The van der Waals surface area contributed by atoms with E-state index in [2.05, 4.69) is 10.1 Å². The average molecular weight is 258 g/mol. The number of nitrogens with zero attached hydrogens (tertiary/aromatic N) is 4. The Morgan fingerprint density at radius 2 is 2.37 bits per heavy atom. The molecule has 6 nitrogen and oxygen atoms in total. The summed E-state index contributed by atoms with van der Waals surface area (Å²) in [5.41, 5.74) is 0.380. The summed E-state index contributed by atoms with van der Waals surface area (Å²) < 4.78 is 7.18. The zero-order valence-electron chi connectivity index (χ0n) is 10.6. The Labute approximate surface area is 110 Å². The smallest absolute Gasteiger partial charge is 0.279 e. The first-order chi connectivity index (χ1) is 9.25. The molecular formula is C13H14N4O2. The van der Waals surface area contributed by atoms with Crippen molar-refractivity contribution in [2.45, 2.75) is 13.0 Å². The molecular weight excluding hydrogens is 244 g/mol. The van der Waals surface area contributed by atoms with Crippen LogP contribution in [0.15, 0.2) is 30.5 Å². The molecule has 2 aromatic heterocycles. The van der Waals surface area contributed by atoms with Crippen LogP contribution in [0.25, 0.3) is 0 Å². The molecule has 0 saturated carbocycles. The van der Waals surface area contributed by atoms with Crippen molar-refractivity contribution in [2.24, 2.45) is 0 Å². The van der Waals surface area contributed by atoms with Crippen LogP contribution in [0.1, 0.15) is 16.9 Å². The Balaban J connectivity index is 1.86. The van der Waals surface area contributed by atoms with Gasteiger partial charge in [-0.1, -0.05) is 6.07 Å². The predicted octanol–water partition coefficient (Wildman–Crippen LogP) is 1.34. The number of pyridine rings is 1. The van der Waals surface area contributed by atoms with E-state index in [-0.39, 0.29) is 5.91 Å². The molecule has 98 valence electrons. The zero-order chi connectivity index (χ0) is 13.2. The minimum absolute atomic E-state index is 0.191. The van der Waals surface area contributed by atoms with Crippen molar-refractivity contribution in [2.75, 3.05) is 18.6 Å². The Bertz CT molecular complexity index is 570. The maximum atomic E-state index is 12.3. The van der Waals surface area contributed by atoms with Crippen LogP contribution in [0, 0.1) is 0 Å². The number of amides is 1. The lowest BCUT2D eigenvalue weighted by Gasteiger charge is -2.14. The molecule has 0 aromatic carbocycles. The molecule has 0 N–H and O–H groups in total. The van der Waals surface area contributed by atoms with Gasteiger partial charge in [0, 0.05) is 32.3 Å². The highest BCUT2D eigenvalue weighted by molar-refractivity contribution is 6.04. The predicted molar refractivity (Wildman–Crippen MR) is 69.3 cm³/mol. The van der Waals surface area contributed by atoms with E-state index in [1.165, 1.54) is 4.90 Å². The van der Waals surface area contributed by atoms with Gasteiger partial charge >= 0.3 is 0 Å². The highest BCUT2D eigenvalue weighted by Crippen LogP contribution is 2.20. The van der Waals surface area contributed by atoms with Crippen molar-refractivity contribution in [3.8, 4) is 5.88 Å². The molecule has 0 radical (unpaired) electrons. The van der Waals surface area contributed by atoms with Gasteiger partial charge in [0.25, 0.3) is 5.91 Å². The highest BCUT2D eigenvalue weighted by Gasteiger charge is 2.21. The van der Waals surface area contributed by atoms with Gasteiger partial charge in [0.05, 0.1) is 6.61 Å². The Morgan fingerprint density at radius 1 is 1.47 bits per heavy atom. The number of hydrogen-bond donors (Lipinski definition) is 0. The molecule has 0 bridgehead atoms. The lowest BCUT2D eigenvalue weighted by Crippen LogP contribution is -2.27. The third-order valence-corrected chi connectivity index (χ3v) is 3.02. The highest BCUT2D eigenvalue weighted by atomic mass is 16.5. The molecule has 0 unspecified atom stereocenters. The van der Waals surface area contributed by atoms with Crippen LogP contribution in [-0.4, -0.2) is 34.3 Å². The third-order valence-electron chi connectivity index (χ3n) is 3.02. The van der Waals surface area contributed by atoms with Crippen LogP contribution < -0.4 is 9.64 Å². The second-order valence-corrected chi connectivity index (χ2v) is 4.35. The van der Waals surface area contributed by atoms with Crippen LogP contribution >= 0.6 is 0 Å². The average Bonchev–Trinajstić information content (AvgIpc) is 2.90. The van der Waals surface area contributed by atoms with E-state index in [4.69, 9.17) is 4.74 Å². The first-order valence-corrected chi connectivity index (χ1v) is 6.15. The number of rotatable bonds is 2. The largest absolute Gasteiger partial charge is 0.478 e. The standard InChI is InChI=1S/C13H14N4O2/c1-16(11-5-2-3-6-14-11)13(18)10-9-12-17(15-10)7-4-8-19-12/h2-3,5-6,9H,4,7-8H2,1H3. The summed E-state index contributed by atoms with van der Waals surface area (Å²) in [5, 5.41) is 4.27. The normalized spacial score (nSPS) is 13.5. The summed E-state index contributed by atoms with van der Waals surface area (Å²) in [6.07, 6.45) is 2.57. The molecule has 3 rings (SSSR count). The first kappa shape index (κ1) is 11.7. The Hall–Kier alpha value is -2.37. The number of hydrogen-bond acceptors (Lipinski definition) is 4. The maximum absolute atomic E-state index is 12.3. The molecule has 3 heterocycles. The lowest BCUT2D eigenvalue weighted by atomic mass is 10.3. The molecule has 1 amide bonds. The summed E-state index contributed by atoms with van der Waals surface area (Å²) >= 11 is 0. The molecule has 19 heavy (non-hydrogen) atoms. The first-order valence-electron chi connectivity index (χ1n) is 6.15. The van der Waals surface area contributed by atoms with Gasteiger partial charge in [-0.3, -0.25) is 9.69 Å². The number of anilines is 1. The van der Waals surface area contributed by atoms with Gasteiger partial charge in [-0.2, -0.15) is 5.10 Å². The number of aryl methyl sites for hydroxylation is 1. The summed E-state index contributed by atoms with van der Waals surface area (Å²) in [6, 6.07) is 7.11. The van der Waals surface area contributed by atoms with Crippen LogP contribution in [0.2, 0.25) is 0 Å². The zero-order valence-corrected chi connectivity index (χ0v) is 10.6. The molecule has 0 aliphatic carbocycles. The van der Waals surface area contributed by atoms with E-state index in [1.54, 1.807) is 30.1 Å². The van der Waals surface area contributed by atoms with Gasteiger partial charge in [0.15, 0.2) is 5.69 Å². The van der Waals surface area contributed by atoms with Gasteiger partial charge in [-0.25, -0.2) is 9.67 Å². The van der Waals surface area contributed by atoms with Crippen molar-refractivity contribution in [3.05, 3.63) is 36.2 Å². The quantitative estimate of drug-likeness (QED) is 0.815. The number of fused-ring (bicyclic) bond motifs is 1. The van der Waals surface area contributed by atoms with Crippen molar-refractivity contribution in [1.29, 1.82) is 0 Å². The second kappa shape index (κ2) is 4.72. The molecule has 2 aromatic rings. The summed E-state index contributed by atoms with van der Waals surface area (Å²) in [7, 11) is 1.68. The number of carbonyl (C=O) groups is 1. The van der Waals surface area contributed by atoms with Crippen LogP contribution in [0.5, 0.6) is 5.88 Å². The van der Waals surface area contributed by atoms with E-state index >= 15 is 0 Å². The van der Waals surface area contributed by atoms with E-state index < -0.39 is 0 Å². The number of aromatic nitrogens is 3. The van der Waals surface area contributed by atoms with Gasteiger partial charge in [0.2, 0.25) is 5.88 Å². The second-order valence-electron chi connectivity index (χ2n) is 4.35. The third kappa shape index (κ3) is 2.16. The van der Waals surface area contributed by atoms with E-state index in [0.29, 0.717) is 24.0 Å². The van der Waals surface area contributed by atoms with Crippen molar-refractivity contribution in [1.82, 2.24) is 14.8 Å². The maximum Gasteiger partial charge on any atom is 0.279 e. The topological polar surface area (TPSA) is 60.2 Å². The fraction of sp³-hybridized carbons (Fsp3) is 0.308. The summed E-state index contributed by atoms with van der Waals surface area (Å²) in [5.74, 6) is 1.06. The van der Waals surface area contributed by atoms with Crippen LogP contribution in [0.3, 0.4) is 0 Å². The number of ether oxygens (including phenoxy) is 1.